The highest BCUT2D eigenvalue weighted by atomic mass is 32.2. The molecule has 2 aromatic rings. The van der Waals surface area contributed by atoms with Gasteiger partial charge in [0.05, 0.1) is 4.90 Å². The van der Waals surface area contributed by atoms with Gasteiger partial charge in [-0.15, -0.1) is 11.3 Å². The molecular formula is C17H21NO4S2. The zero-order valence-corrected chi connectivity index (χ0v) is 15.7. The average molecular weight is 367 g/mol. The Labute approximate surface area is 146 Å². The summed E-state index contributed by atoms with van der Waals surface area (Å²) in [5.41, 5.74) is 2.09. The van der Waals surface area contributed by atoms with Gasteiger partial charge in [0.15, 0.2) is 0 Å². The van der Waals surface area contributed by atoms with Gasteiger partial charge in [-0.3, -0.25) is 0 Å². The number of carboxylic acids is 1. The van der Waals surface area contributed by atoms with Crippen molar-refractivity contribution in [3.05, 3.63) is 51.2 Å². The number of aryl methyl sites for hydroxylation is 1. The minimum atomic E-state index is -3.68. The Morgan fingerprint density at radius 2 is 1.92 bits per heavy atom. The van der Waals surface area contributed by atoms with E-state index in [0.29, 0.717) is 11.1 Å². The van der Waals surface area contributed by atoms with Crippen molar-refractivity contribution in [2.45, 2.75) is 44.6 Å². The summed E-state index contributed by atoms with van der Waals surface area (Å²) in [7, 11) is -3.68. The van der Waals surface area contributed by atoms with Crippen molar-refractivity contribution in [3.63, 3.8) is 0 Å². The van der Waals surface area contributed by atoms with E-state index in [2.05, 4.69) is 4.72 Å². The predicted molar refractivity (Wildman–Crippen MR) is 95.2 cm³/mol. The Morgan fingerprint density at radius 3 is 2.46 bits per heavy atom. The molecule has 1 heterocycles. The van der Waals surface area contributed by atoms with Crippen LogP contribution >= 0.6 is 11.3 Å². The van der Waals surface area contributed by atoms with Gasteiger partial charge >= 0.3 is 5.97 Å². The van der Waals surface area contributed by atoms with E-state index < -0.39 is 16.0 Å². The van der Waals surface area contributed by atoms with Crippen LogP contribution in [0.1, 0.15) is 47.1 Å². The van der Waals surface area contributed by atoms with E-state index in [9.17, 15) is 13.2 Å². The molecule has 0 spiro atoms. The molecule has 0 unspecified atom stereocenters. The van der Waals surface area contributed by atoms with Gasteiger partial charge < -0.3 is 5.11 Å². The van der Waals surface area contributed by atoms with Crippen LogP contribution in [0, 0.1) is 6.92 Å². The maximum atomic E-state index is 12.6. The number of carboxylic acid groups (broad SMARTS) is 1. The smallest absolute Gasteiger partial charge is 0.345 e. The monoisotopic (exact) mass is 367 g/mol. The number of thiophene rings is 1. The lowest BCUT2D eigenvalue weighted by Gasteiger charge is -2.20. The maximum Gasteiger partial charge on any atom is 0.345 e. The molecule has 1 aromatic carbocycles. The van der Waals surface area contributed by atoms with Gasteiger partial charge in [-0.1, -0.05) is 32.9 Å². The van der Waals surface area contributed by atoms with Crippen LogP contribution in [0.15, 0.2) is 34.5 Å². The van der Waals surface area contributed by atoms with Crippen LogP contribution in [0.2, 0.25) is 0 Å². The van der Waals surface area contributed by atoms with Gasteiger partial charge in [-0.2, -0.15) is 0 Å². The first-order valence-electron chi connectivity index (χ1n) is 7.42. The van der Waals surface area contributed by atoms with E-state index in [4.69, 9.17) is 5.11 Å². The molecule has 1 aromatic heterocycles. The molecule has 0 atom stereocenters. The first-order valence-corrected chi connectivity index (χ1v) is 9.78. The van der Waals surface area contributed by atoms with Crippen molar-refractivity contribution >= 4 is 27.3 Å². The molecular weight excluding hydrogens is 346 g/mol. The first kappa shape index (κ1) is 18.6. The van der Waals surface area contributed by atoms with Crippen molar-refractivity contribution < 1.29 is 18.3 Å². The van der Waals surface area contributed by atoms with Gasteiger partial charge in [0.2, 0.25) is 10.0 Å². The first-order chi connectivity index (χ1) is 11.0. The molecule has 0 amide bonds. The zero-order chi connectivity index (χ0) is 18.1. The van der Waals surface area contributed by atoms with Crippen molar-refractivity contribution in [2.75, 3.05) is 0 Å². The van der Waals surface area contributed by atoms with Gasteiger partial charge in [-0.05, 0) is 46.5 Å². The van der Waals surface area contributed by atoms with Gasteiger partial charge in [0.25, 0.3) is 0 Å². The molecule has 0 aliphatic carbocycles. The summed E-state index contributed by atoms with van der Waals surface area (Å²) in [6.45, 7) is 7.90. The van der Waals surface area contributed by atoms with E-state index in [1.54, 1.807) is 18.4 Å². The Bertz CT molecular complexity index is 861. The van der Waals surface area contributed by atoms with Crippen LogP contribution in [0.4, 0.5) is 0 Å². The number of nitrogens with one attached hydrogen (secondary N) is 1. The average Bonchev–Trinajstić information content (AvgIpc) is 2.93. The molecule has 130 valence electrons. The minimum absolute atomic E-state index is 0.0608. The quantitative estimate of drug-likeness (QED) is 0.847. The maximum absolute atomic E-state index is 12.6. The molecule has 2 N–H and O–H groups in total. The van der Waals surface area contributed by atoms with Crippen LogP contribution in [-0.4, -0.2) is 19.5 Å². The lowest BCUT2D eigenvalue weighted by Crippen LogP contribution is -2.24. The minimum Gasteiger partial charge on any atom is -0.477 e. The predicted octanol–water partition coefficient (Wildman–Crippen LogP) is 3.53. The number of hydrogen-bond acceptors (Lipinski definition) is 4. The SMILES string of the molecule is Cc1ccc(C(C)(C)C)cc1S(=O)(=O)NCc1csc(C(=O)O)c1. The molecule has 5 nitrogen and oxygen atoms in total. The second-order valence-electron chi connectivity index (χ2n) is 6.68. The molecule has 0 radical (unpaired) electrons. The normalized spacial score (nSPS) is 12.3. The van der Waals surface area contributed by atoms with Crippen LogP contribution in [-0.2, 0) is 22.0 Å². The third-order valence-electron chi connectivity index (χ3n) is 3.67. The topological polar surface area (TPSA) is 83.5 Å². The molecule has 0 aliphatic rings. The highest BCUT2D eigenvalue weighted by Crippen LogP contribution is 2.26. The number of benzene rings is 1. The van der Waals surface area contributed by atoms with Crippen LogP contribution in [0.3, 0.4) is 0 Å². The third kappa shape index (κ3) is 4.23. The summed E-state index contributed by atoms with van der Waals surface area (Å²) in [6.07, 6.45) is 0. The largest absolute Gasteiger partial charge is 0.477 e. The Kier molecular flexibility index (Phi) is 5.17. The summed E-state index contributed by atoms with van der Waals surface area (Å²) in [6, 6.07) is 6.93. The van der Waals surface area contributed by atoms with E-state index in [1.807, 2.05) is 32.9 Å². The van der Waals surface area contributed by atoms with Gasteiger partial charge in [-0.25, -0.2) is 17.9 Å². The molecule has 0 aliphatic heterocycles. The van der Waals surface area contributed by atoms with E-state index >= 15 is 0 Å². The molecule has 24 heavy (non-hydrogen) atoms. The van der Waals surface area contributed by atoms with Crippen molar-refractivity contribution in [3.8, 4) is 0 Å². The summed E-state index contributed by atoms with van der Waals surface area (Å²) >= 11 is 1.08. The fraction of sp³-hybridized carbons (Fsp3) is 0.353. The van der Waals surface area contributed by atoms with Crippen LogP contribution in [0.25, 0.3) is 0 Å². The Balaban J connectivity index is 2.25. The second-order valence-corrected chi connectivity index (χ2v) is 9.33. The summed E-state index contributed by atoms with van der Waals surface area (Å²) in [5, 5.41) is 10.6. The number of carbonyl (C=O) groups is 1. The molecule has 0 saturated carbocycles. The fourth-order valence-electron chi connectivity index (χ4n) is 2.19. The third-order valence-corrected chi connectivity index (χ3v) is 6.18. The second kappa shape index (κ2) is 6.66. The van der Waals surface area contributed by atoms with Crippen LogP contribution < -0.4 is 4.72 Å². The van der Waals surface area contributed by atoms with Crippen LogP contribution in [0.5, 0.6) is 0 Å². The zero-order valence-electron chi connectivity index (χ0n) is 14.1. The van der Waals surface area contributed by atoms with Crippen molar-refractivity contribution in [2.24, 2.45) is 0 Å². The summed E-state index contributed by atoms with van der Waals surface area (Å²) in [5.74, 6) is -1.01. The van der Waals surface area contributed by atoms with Gasteiger partial charge in [0.1, 0.15) is 4.88 Å². The van der Waals surface area contributed by atoms with Gasteiger partial charge in [0, 0.05) is 6.54 Å². The summed E-state index contributed by atoms with van der Waals surface area (Å²) < 4.78 is 27.8. The van der Waals surface area contributed by atoms with Crippen molar-refractivity contribution in [1.29, 1.82) is 0 Å². The number of rotatable bonds is 5. The lowest BCUT2D eigenvalue weighted by atomic mass is 9.87. The number of aromatic carboxylic acids is 1. The molecule has 0 bridgehead atoms. The molecule has 0 fully saturated rings. The fourth-order valence-corrected chi connectivity index (χ4v) is 4.23. The lowest BCUT2D eigenvalue weighted by molar-refractivity contribution is 0.0702. The Morgan fingerprint density at radius 1 is 1.25 bits per heavy atom. The highest BCUT2D eigenvalue weighted by molar-refractivity contribution is 7.89. The standard InChI is InChI=1S/C17H21NO4S2/c1-11-5-6-13(17(2,3)4)8-15(11)24(21,22)18-9-12-7-14(16(19)20)23-10-12/h5-8,10,18H,9H2,1-4H3,(H,19,20). The molecule has 7 heteroatoms. The van der Waals surface area contributed by atoms with E-state index in [-0.39, 0.29) is 21.7 Å². The number of sulfonamides is 1. The van der Waals surface area contributed by atoms with Crippen molar-refractivity contribution in [1.82, 2.24) is 4.72 Å². The molecule has 2 rings (SSSR count). The van der Waals surface area contributed by atoms with E-state index in [1.165, 1.54) is 6.07 Å². The molecule has 0 saturated heterocycles. The summed E-state index contributed by atoms with van der Waals surface area (Å²) in [4.78, 5) is 11.3. The number of hydrogen-bond donors (Lipinski definition) is 2. The Hall–Kier alpha value is -1.70. The van der Waals surface area contributed by atoms with E-state index in [0.717, 1.165) is 16.9 Å². The highest BCUT2D eigenvalue weighted by Gasteiger charge is 2.21.